The van der Waals surface area contributed by atoms with Gasteiger partial charge in [0.1, 0.15) is 0 Å². The lowest BCUT2D eigenvalue weighted by molar-refractivity contribution is -0.118. The number of nitrogens with zero attached hydrogens (tertiary/aromatic N) is 2. The van der Waals surface area contributed by atoms with Crippen molar-refractivity contribution in [2.45, 2.75) is 44.9 Å². The topological polar surface area (TPSA) is 75.4 Å². The summed E-state index contributed by atoms with van der Waals surface area (Å²) in [4.78, 5) is 27.4. The number of anilines is 1. The van der Waals surface area contributed by atoms with Gasteiger partial charge in [-0.3, -0.25) is 9.59 Å². The SMILES string of the molecule is O=C(Nc1ccccc1)C1CC12CCN(C(=O)c1onc3c1CCCC3)CC2. The molecule has 1 N–H and O–H groups in total. The Morgan fingerprint density at radius 3 is 2.64 bits per heavy atom. The van der Waals surface area contributed by atoms with Gasteiger partial charge in [-0.2, -0.15) is 0 Å². The molecule has 1 aromatic heterocycles. The number of piperidine rings is 1. The Labute approximate surface area is 164 Å². The molecule has 1 spiro atoms. The Morgan fingerprint density at radius 2 is 1.86 bits per heavy atom. The first kappa shape index (κ1) is 17.5. The van der Waals surface area contributed by atoms with Gasteiger partial charge < -0.3 is 14.7 Å². The second kappa shape index (κ2) is 6.76. The van der Waals surface area contributed by atoms with Crippen LogP contribution in [0.4, 0.5) is 5.69 Å². The minimum Gasteiger partial charge on any atom is -0.350 e. The molecule has 2 amide bonds. The molecule has 1 saturated carbocycles. The molecule has 1 aliphatic heterocycles. The molecule has 0 bridgehead atoms. The van der Waals surface area contributed by atoms with E-state index in [1.54, 1.807) is 0 Å². The predicted molar refractivity (Wildman–Crippen MR) is 104 cm³/mol. The zero-order valence-electron chi connectivity index (χ0n) is 15.9. The Hall–Kier alpha value is -2.63. The first-order valence-corrected chi connectivity index (χ1v) is 10.3. The molecule has 2 heterocycles. The molecule has 2 fully saturated rings. The second-order valence-corrected chi connectivity index (χ2v) is 8.41. The standard InChI is InChI=1S/C22H25N3O3/c26-20(23-15-6-2-1-3-7-15)17-14-22(17)10-12-25(13-11-22)21(27)19-16-8-4-5-9-18(16)24-28-19/h1-3,6-7,17H,4-5,8-14H2,(H,23,26). The summed E-state index contributed by atoms with van der Waals surface area (Å²) in [5.41, 5.74) is 2.89. The van der Waals surface area contributed by atoms with E-state index in [0.29, 0.717) is 18.8 Å². The Bertz CT molecular complexity index is 897. The van der Waals surface area contributed by atoms with Crippen molar-refractivity contribution >= 4 is 17.5 Å². The zero-order chi connectivity index (χ0) is 19.1. The summed E-state index contributed by atoms with van der Waals surface area (Å²) in [6.07, 6.45) is 6.68. The number of carbonyl (C=O) groups excluding carboxylic acids is 2. The van der Waals surface area contributed by atoms with Crippen LogP contribution in [-0.4, -0.2) is 35.0 Å². The Kier molecular flexibility index (Phi) is 4.22. The van der Waals surface area contributed by atoms with Crippen LogP contribution in [0.1, 0.15) is 53.9 Å². The van der Waals surface area contributed by atoms with Crippen molar-refractivity contribution in [3.8, 4) is 0 Å². The predicted octanol–water partition coefficient (Wildman–Crippen LogP) is 3.43. The number of aromatic nitrogens is 1. The quantitative estimate of drug-likeness (QED) is 0.886. The van der Waals surface area contributed by atoms with Crippen molar-refractivity contribution in [3.63, 3.8) is 0 Å². The van der Waals surface area contributed by atoms with E-state index < -0.39 is 0 Å². The first-order valence-electron chi connectivity index (χ1n) is 10.3. The van der Waals surface area contributed by atoms with Crippen molar-refractivity contribution in [1.29, 1.82) is 0 Å². The molecule has 3 aliphatic rings. The van der Waals surface area contributed by atoms with Gasteiger partial charge in [0.15, 0.2) is 0 Å². The van der Waals surface area contributed by atoms with E-state index in [2.05, 4.69) is 10.5 Å². The number of benzene rings is 1. The van der Waals surface area contributed by atoms with Gasteiger partial charge in [0.05, 0.1) is 5.69 Å². The largest absolute Gasteiger partial charge is 0.350 e. The summed E-state index contributed by atoms with van der Waals surface area (Å²) >= 11 is 0. The summed E-state index contributed by atoms with van der Waals surface area (Å²) in [7, 11) is 0. The lowest BCUT2D eigenvalue weighted by Gasteiger charge is -2.32. The van der Waals surface area contributed by atoms with Gasteiger partial charge in [0.25, 0.3) is 5.91 Å². The lowest BCUT2D eigenvalue weighted by Crippen LogP contribution is -2.40. The number of aryl methyl sites for hydroxylation is 1. The van der Waals surface area contributed by atoms with Crippen LogP contribution in [-0.2, 0) is 17.6 Å². The molecule has 6 nitrogen and oxygen atoms in total. The molecule has 146 valence electrons. The number of hydrogen-bond acceptors (Lipinski definition) is 4. The normalized spacial score (nSPS) is 22.6. The van der Waals surface area contributed by atoms with Gasteiger partial charge in [0, 0.05) is 30.3 Å². The number of likely N-dealkylation sites (tertiary alicyclic amines) is 1. The molecule has 1 atom stereocenters. The highest BCUT2D eigenvalue weighted by Gasteiger charge is 2.58. The van der Waals surface area contributed by atoms with Gasteiger partial charge in [-0.15, -0.1) is 0 Å². The molecule has 6 heteroatoms. The fourth-order valence-electron chi connectivity index (χ4n) is 4.88. The van der Waals surface area contributed by atoms with E-state index in [0.717, 1.165) is 61.9 Å². The monoisotopic (exact) mass is 379 g/mol. The highest BCUT2D eigenvalue weighted by molar-refractivity contribution is 5.95. The molecular formula is C22H25N3O3. The van der Waals surface area contributed by atoms with Gasteiger partial charge in [0.2, 0.25) is 11.7 Å². The third kappa shape index (κ3) is 3.01. The van der Waals surface area contributed by atoms with Crippen molar-refractivity contribution in [3.05, 3.63) is 47.3 Å². The van der Waals surface area contributed by atoms with E-state index in [1.807, 2.05) is 35.2 Å². The third-order valence-electron chi connectivity index (χ3n) is 6.75. The number of hydrogen-bond donors (Lipinski definition) is 1. The highest BCUT2D eigenvalue weighted by atomic mass is 16.5. The van der Waals surface area contributed by atoms with Gasteiger partial charge in [-0.1, -0.05) is 23.4 Å². The zero-order valence-corrected chi connectivity index (χ0v) is 15.9. The first-order chi connectivity index (χ1) is 13.7. The van der Waals surface area contributed by atoms with Crippen molar-refractivity contribution < 1.29 is 14.1 Å². The summed E-state index contributed by atoms with van der Waals surface area (Å²) in [5, 5.41) is 7.14. The average Bonchev–Trinajstić information content (AvgIpc) is 3.26. The van der Waals surface area contributed by atoms with E-state index >= 15 is 0 Å². The smallest absolute Gasteiger partial charge is 0.292 e. The number of rotatable bonds is 3. The van der Waals surface area contributed by atoms with E-state index in [-0.39, 0.29) is 23.1 Å². The van der Waals surface area contributed by atoms with Gasteiger partial charge >= 0.3 is 0 Å². The molecule has 1 unspecified atom stereocenters. The molecule has 28 heavy (non-hydrogen) atoms. The van der Waals surface area contributed by atoms with E-state index in [1.165, 1.54) is 0 Å². The van der Waals surface area contributed by atoms with Crippen LogP contribution >= 0.6 is 0 Å². The second-order valence-electron chi connectivity index (χ2n) is 8.41. The Morgan fingerprint density at radius 1 is 1.11 bits per heavy atom. The summed E-state index contributed by atoms with van der Waals surface area (Å²) in [6, 6.07) is 9.60. The highest BCUT2D eigenvalue weighted by Crippen LogP contribution is 2.59. The van der Waals surface area contributed by atoms with Crippen LogP contribution in [0.2, 0.25) is 0 Å². The van der Waals surface area contributed by atoms with Crippen LogP contribution in [0.25, 0.3) is 0 Å². The molecule has 1 saturated heterocycles. The number of para-hydroxylation sites is 1. The Balaban J connectivity index is 1.20. The molecule has 5 rings (SSSR count). The molecular weight excluding hydrogens is 354 g/mol. The summed E-state index contributed by atoms with van der Waals surface area (Å²) < 4.78 is 5.42. The summed E-state index contributed by atoms with van der Waals surface area (Å²) in [5.74, 6) is 0.578. The van der Waals surface area contributed by atoms with Crippen LogP contribution in [0.15, 0.2) is 34.9 Å². The minimum absolute atomic E-state index is 0.0311. The molecule has 2 aliphatic carbocycles. The van der Waals surface area contributed by atoms with Crippen LogP contribution in [0.5, 0.6) is 0 Å². The maximum absolute atomic E-state index is 12.9. The fourth-order valence-corrected chi connectivity index (χ4v) is 4.88. The number of fused-ring (bicyclic) bond motifs is 1. The number of carbonyl (C=O) groups is 2. The van der Waals surface area contributed by atoms with Crippen molar-refractivity contribution in [2.75, 3.05) is 18.4 Å². The van der Waals surface area contributed by atoms with Gasteiger partial charge in [-0.25, -0.2) is 0 Å². The van der Waals surface area contributed by atoms with Crippen molar-refractivity contribution in [2.24, 2.45) is 11.3 Å². The number of nitrogens with one attached hydrogen (secondary N) is 1. The fraction of sp³-hybridized carbons (Fsp3) is 0.500. The van der Waals surface area contributed by atoms with Gasteiger partial charge in [-0.05, 0) is 62.5 Å². The maximum Gasteiger partial charge on any atom is 0.292 e. The third-order valence-corrected chi connectivity index (χ3v) is 6.75. The minimum atomic E-state index is -0.0311. The van der Waals surface area contributed by atoms with Crippen LogP contribution < -0.4 is 5.32 Å². The molecule has 0 radical (unpaired) electrons. The molecule has 1 aromatic carbocycles. The van der Waals surface area contributed by atoms with Crippen LogP contribution in [0.3, 0.4) is 0 Å². The number of amides is 2. The summed E-state index contributed by atoms with van der Waals surface area (Å²) in [6.45, 7) is 1.37. The van der Waals surface area contributed by atoms with Crippen LogP contribution in [0, 0.1) is 11.3 Å². The van der Waals surface area contributed by atoms with E-state index in [9.17, 15) is 9.59 Å². The average molecular weight is 379 g/mol. The maximum atomic E-state index is 12.9. The van der Waals surface area contributed by atoms with E-state index in [4.69, 9.17) is 4.52 Å². The molecule has 2 aromatic rings. The lowest BCUT2D eigenvalue weighted by atomic mass is 9.90. The van der Waals surface area contributed by atoms with Crippen molar-refractivity contribution in [1.82, 2.24) is 10.1 Å².